The molecule has 0 atom stereocenters. The molecule has 90 valence electrons. The van der Waals surface area contributed by atoms with Gasteiger partial charge in [0.25, 0.3) is 0 Å². The molecule has 0 aromatic carbocycles. The van der Waals surface area contributed by atoms with Crippen molar-refractivity contribution in [3.05, 3.63) is 0 Å². The summed E-state index contributed by atoms with van der Waals surface area (Å²) in [5.74, 6) is 0. The van der Waals surface area contributed by atoms with E-state index in [9.17, 15) is 4.79 Å². The standard InChI is InChI=1S/C12H26O2Si/c1-6-7-10-15(4,5)14-9-8-12(2,3)11-13/h11H,6-10H2,1-5H3. The first kappa shape index (κ1) is 14.8. The monoisotopic (exact) mass is 230 g/mol. The van der Waals surface area contributed by atoms with Crippen LogP contribution in [0.15, 0.2) is 0 Å². The SMILES string of the molecule is CCCC[Si](C)(C)OCCC(C)(C)C=O. The van der Waals surface area contributed by atoms with Gasteiger partial charge in [-0.3, -0.25) is 0 Å². The lowest BCUT2D eigenvalue weighted by atomic mass is 9.92. The van der Waals surface area contributed by atoms with E-state index < -0.39 is 8.32 Å². The van der Waals surface area contributed by atoms with Crippen molar-refractivity contribution in [2.45, 2.75) is 59.2 Å². The molecule has 0 amide bonds. The van der Waals surface area contributed by atoms with Gasteiger partial charge in [-0.2, -0.15) is 0 Å². The number of rotatable bonds is 8. The lowest BCUT2D eigenvalue weighted by Gasteiger charge is -2.25. The number of carbonyl (C=O) groups excluding carboxylic acids is 1. The molecule has 0 rings (SSSR count). The van der Waals surface area contributed by atoms with Gasteiger partial charge in [-0.1, -0.05) is 33.6 Å². The van der Waals surface area contributed by atoms with E-state index in [2.05, 4.69) is 20.0 Å². The first-order chi connectivity index (χ1) is 6.83. The molecule has 0 saturated heterocycles. The lowest BCUT2D eigenvalue weighted by molar-refractivity contribution is -0.115. The summed E-state index contributed by atoms with van der Waals surface area (Å²) in [4.78, 5) is 10.7. The first-order valence-corrected chi connectivity index (χ1v) is 9.05. The van der Waals surface area contributed by atoms with E-state index in [1.807, 2.05) is 13.8 Å². The van der Waals surface area contributed by atoms with E-state index in [1.165, 1.54) is 18.9 Å². The maximum atomic E-state index is 10.7. The van der Waals surface area contributed by atoms with Crippen molar-refractivity contribution in [1.82, 2.24) is 0 Å². The molecule has 15 heavy (non-hydrogen) atoms. The van der Waals surface area contributed by atoms with E-state index in [-0.39, 0.29) is 5.41 Å². The fraction of sp³-hybridized carbons (Fsp3) is 0.917. The molecule has 0 unspecified atom stereocenters. The molecule has 0 aliphatic carbocycles. The minimum atomic E-state index is -1.45. The quantitative estimate of drug-likeness (QED) is 0.470. The molecule has 0 aliphatic heterocycles. The predicted octanol–water partition coefficient (Wildman–Crippen LogP) is 3.62. The third kappa shape index (κ3) is 7.74. The van der Waals surface area contributed by atoms with E-state index >= 15 is 0 Å². The van der Waals surface area contributed by atoms with Crippen LogP contribution in [-0.4, -0.2) is 21.2 Å². The molecule has 0 aromatic heterocycles. The lowest BCUT2D eigenvalue weighted by Crippen LogP contribution is -2.31. The summed E-state index contributed by atoms with van der Waals surface area (Å²) < 4.78 is 5.95. The summed E-state index contributed by atoms with van der Waals surface area (Å²) in [6.45, 7) is 11.4. The molecular weight excluding hydrogens is 204 g/mol. The second-order valence-electron chi connectivity index (χ2n) is 5.57. The van der Waals surface area contributed by atoms with Crippen LogP contribution in [0.25, 0.3) is 0 Å². The van der Waals surface area contributed by atoms with Gasteiger partial charge in [0, 0.05) is 12.0 Å². The van der Waals surface area contributed by atoms with Crippen LogP contribution in [0.5, 0.6) is 0 Å². The smallest absolute Gasteiger partial charge is 0.186 e. The average Bonchev–Trinajstić information content (AvgIpc) is 2.14. The van der Waals surface area contributed by atoms with Crippen molar-refractivity contribution in [3.63, 3.8) is 0 Å². The molecule has 0 spiro atoms. The molecule has 2 nitrogen and oxygen atoms in total. The van der Waals surface area contributed by atoms with Crippen LogP contribution in [0, 0.1) is 5.41 Å². The Bertz CT molecular complexity index is 188. The van der Waals surface area contributed by atoms with Crippen LogP contribution < -0.4 is 0 Å². The van der Waals surface area contributed by atoms with E-state index in [1.54, 1.807) is 0 Å². The van der Waals surface area contributed by atoms with Gasteiger partial charge in [0.2, 0.25) is 0 Å². The molecule has 0 fully saturated rings. The summed E-state index contributed by atoms with van der Waals surface area (Å²) in [5.41, 5.74) is -0.227. The van der Waals surface area contributed by atoms with Crippen LogP contribution in [0.2, 0.25) is 19.1 Å². The second-order valence-corrected chi connectivity index (χ2v) is 9.88. The fourth-order valence-electron chi connectivity index (χ4n) is 1.32. The van der Waals surface area contributed by atoms with Crippen molar-refractivity contribution in [3.8, 4) is 0 Å². The summed E-state index contributed by atoms with van der Waals surface area (Å²) in [7, 11) is -1.45. The number of carbonyl (C=O) groups is 1. The molecule has 0 aliphatic rings. The number of hydrogen-bond acceptors (Lipinski definition) is 2. The zero-order valence-electron chi connectivity index (χ0n) is 10.9. The van der Waals surface area contributed by atoms with Crippen LogP contribution in [0.1, 0.15) is 40.0 Å². The minimum Gasteiger partial charge on any atom is -0.417 e. The maximum Gasteiger partial charge on any atom is 0.186 e. The van der Waals surface area contributed by atoms with Crippen molar-refractivity contribution in [2.75, 3.05) is 6.61 Å². The van der Waals surface area contributed by atoms with E-state index in [0.717, 1.165) is 19.3 Å². The van der Waals surface area contributed by atoms with Crippen molar-refractivity contribution < 1.29 is 9.22 Å². The Morgan fingerprint density at radius 1 is 1.33 bits per heavy atom. The molecule has 3 heteroatoms. The van der Waals surface area contributed by atoms with Crippen LogP contribution in [0.3, 0.4) is 0 Å². The topological polar surface area (TPSA) is 26.3 Å². The highest BCUT2D eigenvalue weighted by Gasteiger charge is 2.23. The Morgan fingerprint density at radius 2 is 1.93 bits per heavy atom. The molecule has 0 bridgehead atoms. The zero-order chi connectivity index (χ0) is 11.9. The molecule has 0 radical (unpaired) electrons. The third-order valence-electron chi connectivity index (χ3n) is 2.69. The third-order valence-corrected chi connectivity index (χ3v) is 5.23. The molecule has 0 N–H and O–H groups in total. The van der Waals surface area contributed by atoms with Gasteiger partial charge in [0.1, 0.15) is 6.29 Å². The Morgan fingerprint density at radius 3 is 2.40 bits per heavy atom. The molecule has 0 aromatic rings. The van der Waals surface area contributed by atoms with Gasteiger partial charge in [-0.15, -0.1) is 0 Å². The van der Waals surface area contributed by atoms with E-state index in [4.69, 9.17) is 4.43 Å². The van der Waals surface area contributed by atoms with Crippen molar-refractivity contribution >= 4 is 14.6 Å². The summed E-state index contributed by atoms with van der Waals surface area (Å²) in [6.07, 6.45) is 4.35. The largest absolute Gasteiger partial charge is 0.417 e. The van der Waals surface area contributed by atoms with Gasteiger partial charge in [0.15, 0.2) is 8.32 Å². The molecular formula is C12H26O2Si. The van der Waals surface area contributed by atoms with Crippen LogP contribution in [-0.2, 0) is 9.22 Å². The van der Waals surface area contributed by atoms with Gasteiger partial charge in [0.05, 0.1) is 0 Å². The van der Waals surface area contributed by atoms with Gasteiger partial charge in [-0.05, 0) is 25.6 Å². The zero-order valence-corrected chi connectivity index (χ0v) is 11.9. The molecule has 0 saturated carbocycles. The Kier molecular flexibility index (Phi) is 6.37. The number of aldehydes is 1. The van der Waals surface area contributed by atoms with Crippen molar-refractivity contribution in [1.29, 1.82) is 0 Å². The highest BCUT2D eigenvalue weighted by molar-refractivity contribution is 6.71. The summed E-state index contributed by atoms with van der Waals surface area (Å²) in [6, 6.07) is 1.23. The summed E-state index contributed by atoms with van der Waals surface area (Å²) in [5, 5.41) is 0. The fourth-order valence-corrected chi connectivity index (χ4v) is 3.33. The highest BCUT2D eigenvalue weighted by Crippen LogP contribution is 2.20. The van der Waals surface area contributed by atoms with Crippen molar-refractivity contribution in [2.24, 2.45) is 5.41 Å². The van der Waals surface area contributed by atoms with Gasteiger partial charge >= 0.3 is 0 Å². The number of hydrogen-bond donors (Lipinski definition) is 0. The average molecular weight is 230 g/mol. The minimum absolute atomic E-state index is 0.227. The van der Waals surface area contributed by atoms with E-state index in [0.29, 0.717) is 0 Å². The predicted molar refractivity (Wildman–Crippen MR) is 67.6 cm³/mol. The Balaban J connectivity index is 3.79. The number of unbranched alkanes of at least 4 members (excludes halogenated alkanes) is 1. The Hall–Kier alpha value is -0.153. The van der Waals surface area contributed by atoms with Gasteiger partial charge < -0.3 is 9.22 Å². The Labute approximate surface area is 95.5 Å². The second kappa shape index (κ2) is 6.43. The highest BCUT2D eigenvalue weighted by atomic mass is 28.4. The summed E-state index contributed by atoms with van der Waals surface area (Å²) >= 11 is 0. The normalized spacial score (nSPS) is 12.9. The van der Waals surface area contributed by atoms with Crippen LogP contribution >= 0.6 is 0 Å². The van der Waals surface area contributed by atoms with Crippen LogP contribution in [0.4, 0.5) is 0 Å². The van der Waals surface area contributed by atoms with Gasteiger partial charge in [-0.25, -0.2) is 0 Å². The maximum absolute atomic E-state index is 10.7. The first-order valence-electron chi connectivity index (χ1n) is 5.93. The molecule has 0 heterocycles.